The summed E-state index contributed by atoms with van der Waals surface area (Å²) in [5.41, 5.74) is 1.66. The number of hydrogen-bond donors (Lipinski definition) is 2. The van der Waals surface area contributed by atoms with Crippen molar-refractivity contribution in [2.75, 3.05) is 24.0 Å². The zero-order valence-corrected chi connectivity index (χ0v) is 16.9. The van der Waals surface area contributed by atoms with Gasteiger partial charge in [-0.15, -0.1) is 0 Å². The molecule has 1 amide bonds. The first-order chi connectivity index (χ1) is 15.2. The lowest BCUT2D eigenvalue weighted by Crippen LogP contribution is -2.22. The van der Waals surface area contributed by atoms with Crippen LogP contribution < -0.4 is 20.1 Å². The molecule has 3 heterocycles. The molecule has 1 aromatic heterocycles. The van der Waals surface area contributed by atoms with Crippen molar-refractivity contribution in [3.8, 4) is 11.5 Å². The molecule has 0 aliphatic carbocycles. The number of aromatic nitrogens is 2. The Bertz CT molecular complexity index is 1140. The predicted molar refractivity (Wildman–Crippen MR) is 115 cm³/mol. The Kier molecular flexibility index (Phi) is 5.03. The van der Waals surface area contributed by atoms with Crippen LogP contribution in [-0.4, -0.2) is 34.6 Å². The Morgan fingerprint density at radius 1 is 1.03 bits per heavy atom. The molecule has 2 N–H and O–H groups in total. The highest BCUT2D eigenvalue weighted by Gasteiger charge is 2.26. The van der Waals surface area contributed by atoms with Gasteiger partial charge in [0.15, 0.2) is 28.8 Å². The largest absolute Gasteiger partial charge is 0.454 e. The average molecular weight is 418 g/mol. The summed E-state index contributed by atoms with van der Waals surface area (Å²) in [5.74, 6) is 2.19. The molecule has 2 aromatic carbocycles. The lowest BCUT2D eigenvalue weighted by Gasteiger charge is -2.16. The number of fused-ring (bicyclic) bond motifs is 2. The van der Waals surface area contributed by atoms with Crippen molar-refractivity contribution in [2.24, 2.45) is 0 Å². The minimum absolute atomic E-state index is 0.0603. The van der Waals surface area contributed by atoms with Gasteiger partial charge in [0.05, 0.1) is 6.54 Å². The molecule has 0 fully saturated rings. The normalized spacial score (nSPS) is 14.1. The third-order valence-electron chi connectivity index (χ3n) is 5.44. The van der Waals surface area contributed by atoms with Crippen molar-refractivity contribution in [3.63, 3.8) is 0 Å². The summed E-state index contributed by atoms with van der Waals surface area (Å²) < 4.78 is 12.7. The second kappa shape index (κ2) is 8.14. The third-order valence-corrected chi connectivity index (χ3v) is 5.44. The number of ketones is 1. The van der Waals surface area contributed by atoms with Crippen LogP contribution in [0.25, 0.3) is 0 Å². The molecule has 8 heteroatoms. The summed E-state index contributed by atoms with van der Waals surface area (Å²) in [6, 6.07) is 14.3. The van der Waals surface area contributed by atoms with Crippen LogP contribution in [0.3, 0.4) is 0 Å². The molecule has 2 aliphatic rings. The van der Waals surface area contributed by atoms with Gasteiger partial charge >= 0.3 is 0 Å². The van der Waals surface area contributed by atoms with E-state index in [0.29, 0.717) is 34.3 Å². The van der Waals surface area contributed by atoms with Crippen LogP contribution in [0.15, 0.2) is 48.5 Å². The van der Waals surface area contributed by atoms with Crippen LogP contribution in [0, 0.1) is 0 Å². The van der Waals surface area contributed by atoms with Gasteiger partial charge in [-0.1, -0.05) is 30.3 Å². The van der Waals surface area contributed by atoms with Crippen LogP contribution >= 0.6 is 0 Å². The molecule has 158 valence electrons. The van der Waals surface area contributed by atoms with Crippen molar-refractivity contribution in [3.05, 3.63) is 65.6 Å². The Morgan fingerprint density at radius 3 is 2.74 bits per heavy atom. The van der Waals surface area contributed by atoms with E-state index in [-0.39, 0.29) is 25.0 Å². The monoisotopic (exact) mass is 418 g/mol. The number of hydrogen-bond acceptors (Lipinski definition) is 6. The van der Waals surface area contributed by atoms with E-state index >= 15 is 0 Å². The number of rotatable bonds is 6. The van der Waals surface area contributed by atoms with Gasteiger partial charge in [-0.2, -0.15) is 0 Å². The molecule has 0 spiro atoms. The summed E-state index contributed by atoms with van der Waals surface area (Å²) in [5, 5.41) is 6.01. The van der Waals surface area contributed by atoms with Crippen molar-refractivity contribution >= 4 is 23.2 Å². The topological polar surface area (TPSA) is 94.5 Å². The Morgan fingerprint density at radius 2 is 1.87 bits per heavy atom. The lowest BCUT2D eigenvalue weighted by molar-refractivity contribution is 0.0997. The van der Waals surface area contributed by atoms with E-state index in [1.54, 1.807) is 30.3 Å². The molecule has 0 bridgehead atoms. The second-order valence-corrected chi connectivity index (χ2v) is 7.50. The SMILES string of the molecule is O=C(CNc1nc2n(c1C(=O)Nc1ccc3c(c1)OCO3)CCCC2)c1ccccc1. The molecule has 0 saturated carbocycles. The molecule has 3 aromatic rings. The highest BCUT2D eigenvalue weighted by Crippen LogP contribution is 2.34. The quantitative estimate of drug-likeness (QED) is 0.595. The first kappa shape index (κ1) is 19.2. The van der Waals surface area contributed by atoms with Crippen molar-refractivity contribution in [2.45, 2.75) is 25.8 Å². The molecule has 0 saturated heterocycles. The van der Waals surface area contributed by atoms with Crippen molar-refractivity contribution < 1.29 is 19.1 Å². The Balaban J connectivity index is 1.38. The summed E-state index contributed by atoms with van der Waals surface area (Å²) in [6.45, 7) is 0.956. The van der Waals surface area contributed by atoms with E-state index in [9.17, 15) is 9.59 Å². The standard InChI is InChI=1S/C23H22N4O4/c28-17(15-6-2-1-3-7-15)13-24-22-21(27-11-5-4-8-20(27)26-22)23(29)25-16-9-10-18-19(12-16)31-14-30-18/h1-3,6-7,9-10,12,24H,4-5,8,11,13-14H2,(H,25,29). The highest BCUT2D eigenvalue weighted by atomic mass is 16.7. The number of anilines is 2. The van der Waals surface area contributed by atoms with Crippen molar-refractivity contribution in [1.82, 2.24) is 9.55 Å². The number of imidazole rings is 1. The number of carbonyl (C=O) groups is 2. The first-order valence-corrected chi connectivity index (χ1v) is 10.3. The molecule has 31 heavy (non-hydrogen) atoms. The summed E-state index contributed by atoms with van der Waals surface area (Å²) in [7, 11) is 0. The minimum atomic E-state index is -0.283. The lowest BCUT2D eigenvalue weighted by atomic mass is 10.1. The van der Waals surface area contributed by atoms with E-state index in [1.807, 2.05) is 22.8 Å². The molecular formula is C23H22N4O4. The van der Waals surface area contributed by atoms with Crippen LogP contribution in [0.1, 0.15) is 39.5 Å². The van der Waals surface area contributed by atoms with Crippen LogP contribution in [-0.2, 0) is 13.0 Å². The third kappa shape index (κ3) is 3.84. The maximum Gasteiger partial charge on any atom is 0.276 e. The summed E-state index contributed by atoms with van der Waals surface area (Å²) >= 11 is 0. The molecule has 8 nitrogen and oxygen atoms in total. The highest BCUT2D eigenvalue weighted by molar-refractivity contribution is 6.07. The van der Waals surface area contributed by atoms with Gasteiger partial charge in [0.25, 0.3) is 5.91 Å². The number of nitrogens with zero attached hydrogens (tertiary/aromatic N) is 2. The van der Waals surface area contributed by atoms with E-state index in [0.717, 1.165) is 31.6 Å². The van der Waals surface area contributed by atoms with Crippen LogP contribution in [0.5, 0.6) is 11.5 Å². The van der Waals surface area contributed by atoms with Gasteiger partial charge in [-0.25, -0.2) is 4.98 Å². The van der Waals surface area contributed by atoms with Gasteiger partial charge in [0.1, 0.15) is 5.82 Å². The van der Waals surface area contributed by atoms with Crippen molar-refractivity contribution in [1.29, 1.82) is 0 Å². The molecule has 5 rings (SSSR count). The Labute approximate surface area is 179 Å². The fourth-order valence-electron chi connectivity index (χ4n) is 3.89. The zero-order valence-electron chi connectivity index (χ0n) is 16.9. The number of carbonyl (C=O) groups excluding carboxylic acids is 2. The zero-order chi connectivity index (χ0) is 21.2. The molecule has 2 aliphatic heterocycles. The molecule has 0 radical (unpaired) electrons. The maximum absolute atomic E-state index is 13.2. The van der Waals surface area contributed by atoms with Gasteiger partial charge in [-0.3, -0.25) is 9.59 Å². The van der Waals surface area contributed by atoms with Crippen LogP contribution in [0.2, 0.25) is 0 Å². The number of nitrogens with one attached hydrogen (secondary N) is 2. The van der Waals surface area contributed by atoms with Gasteiger partial charge in [0.2, 0.25) is 6.79 Å². The maximum atomic E-state index is 13.2. The van der Waals surface area contributed by atoms with E-state index in [2.05, 4.69) is 15.6 Å². The number of ether oxygens (including phenoxy) is 2. The smallest absolute Gasteiger partial charge is 0.276 e. The van der Waals surface area contributed by atoms with E-state index in [4.69, 9.17) is 9.47 Å². The molecule has 0 unspecified atom stereocenters. The fourth-order valence-corrected chi connectivity index (χ4v) is 3.89. The second-order valence-electron chi connectivity index (χ2n) is 7.50. The van der Waals surface area contributed by atoms with E-state index in [1.165, 1.54) is 0 Å². The predicted octanol–water partition coefficient (Wildman–Crippen LogP) is 3.50. The minimum Gasteiger partial charge on any atom is -0.454 e. The average Bonchev–Trinajstić information content (AvgIpc) is 3.41. The Hall–Kier alpha value is -3.81. The fraction of sp³-hybridized carbons (Fsp3) is 0.261. The van der Waals surface area contributed by atoms with Gasteiger partial charge < -0.3 is 24.7 Å². The summed E-state index contributed by atoms with van der Waals surface area (Å²) in [4.78, 5) is 30.4. The van der Waals surface area contributed by atoms with Gasteiger partial charge in [-0.05, 0) is 25.0 Å². The van der Waals surface area contributed by atoms with Crippen LogP contribution in [0.4, 0.5) is 11.5 Å². The number of benzene rings is 2. The van der Waals surface area contributed by atoms with E-state index < -0.39 is 0 Å². The molecule has 0 atom stereocenters. The number of amides is 1. The summed E-state index contributed by atoms with van der Waals surface area (Å²) in [6.07, 6.45) is 2.82. The first-order valence-electron chi connectivity index (χ1n) is 10.3. The number of aryl methyl sites for hydroxylation is 1. The van der Waals surface area contributed by atoms with Gasteiger partial charge in [0, 0.05) is 30.3 Å². The molecular weight excluding hydrogens is 396 g/mol. The number of Topliss-reactive ketones (excluding diaryl/α,β-unsaturated/α-hetero) is 1.